The predicted octanol–water partition coefficient (Wildman–Crippen LogP) is 14.1. The van der Waals surface area contributed by atoms with Gasteiger partial charge in [-0.1, -0.05) is 172 Å². The summed E-state index contributed by atoms with van der Waals surface area (Å²) in [6.07, 6.45) is 0. The smallest absolute Gasteiger partial charge is 0.164 e. The van der Waals surface area contributed by atoms with Crippen molar-refractivity contribution in [1.29, 1.82) is 0 Å². The van der Waals surface area contributed by atoms with Crippen LogP contribution in [-0.4, -0.2) is 15.0 Å². The highest BCUT2D eigenvalue weighted by molar-refractivity contribution is 6.13. The first-order valence-corrected chi connectivity index (χ1v) is 19.8. The van der Waals surface area contributed by atoms with Crippen LogP contribution in [0, 0.1) is 0 Å². The van der Waals surface area contributed by atoms with E-state index < -0.39 is 0 Å². The van der Waals surface area contributed by atoms with Crippen molar-refractivity contribution in [2.75, 3.05) is 0 Å². The number of furan rings is 1. The van der Waals surface area contributed by atoms with E-state index in [4.69, 9.17) is 19.4 Å². The van der Waals surface area contributed by atoms with Gasteiger partial charge in [-0.05, 0) is 86.0 Å². The van der Waals surface area contributed by atoms with E-state index in [1.165, 1.54) is 33.4 Å². The average Bonchev–Trinajstić information content (AvgIpc) is 3.78. The number of fused-ring (bicyclic) bond motifs is 6. The van der Waals surface area contributed by atoms with Gasteiger partial charge >= 0.3 is 0 Å². The van der Waals surface area contributed by atoms with Crippen LogP contribution in [0.5, 0.6) is 0 Å². The van der Waals surface area contributed by atoms with Crippen molar-refractivity contribution in [3.8, 4) is 78.7 Å². The summed E-state index contributed by atoms with van der Waals surface area (Å²) in [5, 5.41) is 2.14. The molecule has 11 rings (SSSR count). The predicted molar refractivity (Wildman–Crippen MR) is 237 cm³/mol. The zero-order valence-electron chi connectivity index (χ0n) is 32.1. The highest BCUT2D eigenvalue weighted by atomic mass is 16.3. The fourth-order valence-electron chi connectivity index (χ4n) is 8.77. The summed E-state index contributed by atoms with van der Waals surface area (Å²) in [5.41, 5.74) is 16.3. The topological polar surface area (TPSA) is 51.8 Å². The van der Waals surface area contributed by atoms with E-state index in [2.05, 4.69) is 184 Å². The van der Waals surface area contributed by atoms with Gasteiger partial charge in [0.15, 0.2) is 17.5 Å². The Balaban J connectivity index is 1.04. The molecule has 0 spiro atoms. The maximum Gasteiger partial charge on any atom is 0.164 e. The molecule has 0 saturated carbocycles. The van der Waals surface area contributed by atoms with E-state index in [0.29, 0.717) is 17.5 Å². The van der Waals surface area contributed by atoms with Crippen molar-refractivity contribution >= 4 is 21.9 Å². The van der Waals surface area contributed by atoms with E-state index >= 15 is 0 Å². The summed E-state index contributed by atoms with van der Waals surface area (Å²) in [6, 6.07) is 66.1. The number of nitrogens with zero attached hydrogens (tertiary/aromatic N) is 3. The van der Waals surface area contributed by atoms with Crippen LogP contribution in [0.25, 0.3) is 101 Å². The highest BCUT2D eigenvalue weighted by Crippen LogP contribution is 2.49. The second kappa shape index (κ2) is 13.4. The first kappa shape index (κ1) is 33.9. The largest absolute Gasteiger partial charge is 0.456 e. The fourth-order valence-corrected chi connectivity index (χ4v) is 8.77. The molecule has 4 heteroatoms. The minimum atomic E-state index is -0.0920. The van der Waals surface area contributed by atoms with E-state index in [0.717, 1.165) is 60.9 Å². The Kier molecular flexibility index (Phi) is 7.80. The molecule has 1 aliphatic rings. The van der Waals surface area contributed by atoms with Gasteiger partial charge in [-0.25, -0.2) is 15.0 Å². The molecule has 2 heterocycles. The molecule has 8 aromatic carbocycles. The molecule has 0 fully saturated rings. The van der Waals surface area contributed by atoms with E-state index in [1.807, 2.05) is 18.2 Å². The van der Waals surface area contributed by atoms with Gasteiger partial charge in [0.05, 0.1) is 0 Å². The normalized spacial score (nSPS) is 12.8. The number of hydrogen-bond donors (Lipinski definition) is 0. The Labute approximate surface area is 337 Å². The van der Waals surface area contributed by atoms with Crippen molar-refractivity contribution in [1.82, 2.24) is 15.0 Å². The van der Waals surface area contributed by atoms with Gasteiger partial charge in [0.25, 0.3) is 0 Å². The third-order valence-electron chi connectivity index (χ3n) is 11.8. The molecule has 0 N–H and O–H groups in total. The number of benzene rings is 8. The Morgan fingerprint density at radius 2 is 0.845 bits per heavy atom. The lowest BCUT2D eigenvalue weighted by Gasteiger charge is -2.21. The molecular weight excluding hydrogens is 707 g/mol. The number of hydrogen-bond acceptors (Lipinski definition) is 4. The molecule has 0 aliphatic heterocycles. The molecule has 0 amide bonds. The Bertz CT molecular complexity index is 3180. The molecule has 4 nitrogen and oxygen atoms in total. The minimum absolute atomic E-state index is 0.0920. The first-order chi connectivity index (χ1) is 28.5. The quantitative estimate of drug-likeness (QED) is 0.170. The maximum atomic E-state index is 6.60. The van der Waals surface area contributed by atoms with Crippen molar-refractivity contribution in [2.45, 2.75) is 19.3 Å². The lowest BCUT2D eigenvalue weighted by Crippen LogP contribution is -2.14. The van der Waals surface area contributed by atoms with Crippen LogP contribution in [-0.2, 0) is 5.41 Å². The summed E-state index contributed by atoms with van der Waals surface area (Å²) in [5.74, 6) is 1.83. The van der Waals surface area contributed by atoms with Gasteiger partial charge in [0.1, 0.15) is 11.2 Å². The Morgan fingerprint density at radius 3 is 1.59 bits per heavy atom. The van der Waals surface area contributed by atoms with Crippen LogP contribution < -0.4 is 0 Å². The molecular formula is C54H37N3O. The van der Waals surface area contributed by atoms with Crippen LogP contribution in [0.3, 0.4) is 0 Å². The lowest BCUT2D eigenvalue weighted by atomic mass is 9.82. The maximum absolute atomic E-state index is 6.60. The fraction of sp³-hybridized carbons (Fsp3) is 0.0556. The molecule has 58 heavy (non-hydrogen) atoms. The van der Waals surface area contributed by atoms with Crippen LogP contribution in [0.15, 0.2) is 192 Å². The molecule has 2 aromatic heterocycles. The summed E-state index contributed by atoms with van der Waals surface area (Å²) >= 11 is 0. The Hall–Kier alpha value is -7.43. The van der Waals surface area contributed by atoms with Gasteiger partial charge in [-0.2, -0.15) is 0 Å². The van der Waals surface area contributed by atoms with Gasteiger partial charge < -0.3 is 4.42 Å². The second-order valence-electron chi connectivity index (χ2n) is 15.6. The molecule has 0 radical (unpaired) electrons. The van der Waals surface area contributed by atoms with Gasteiger partial charge in [-0.15, -0.1) is 0 Å². The van der Waals surface area contributed by atoms with Crippen LogP contribution in [0.4, 0.5) is 0 Å². The molecule has 1 aliphatic carbocycles. The van der Waals surface area contributed by atoms with Gasteiger partial charge in [-0.3, -0.25) is 0 Å². The van der Waals surface area contributed by atoms with Crippen molar-refractivity contribution in [2.24, 2.45) is 0 Å². The molecule has 0 unspecified atom stereocenters. The summed E-state index contributed by atoms with van der Waals surface area (Å²) < 4.78 is 6.60. The average molecular weight is 744 g/mol. The summed E-state index contributed by atoms with van der Waals surface area (Å²) in [6.45, 7) is 4.60. The molecule has 0 atom stereocenters. The van der Waals surface area contributed by atoms with Crippen molar-refractivity contribution < 1.29 is 4.42 Å². The molecule has 0 bridgehead atoms. The first-order valence-electron chi connectivity index (χ1n) is 19.8. The molecule has 10 aromatic rings. The van der Waals surface area contributed by atoms with Crippen LogP contribution in [0.1, 0.15) is 25.0 Å². The van der Waals surface area contributed by atoms with E-state index in [-0.39, 0.29) is 5.41 Å². The lowest BCUT2D eigenvalue weighted by molar-refractivity contribution is 0.660. The molecule has 0 saturated heterocycles. The highest BCUT2D eigenvalue weighted by Gasteiger charge is 2.35. The van der Waals surface area contributed by atoms with Gasteiger partial charge in [0.2, 0.25) is 0 Å². The van der Waals surface area contributed by atoms with E-state index in [9.17, 15) is 0 Å². The zero-order chi connectivity index (χ0) is 38.8. The van der Waals surface area contributed by atoms with Crippen molar-refractivity contribution in [3.63, 3.8) is 0 Å². The SMILES string of the molecule is CC1(C)c2ccccc2-c2cc(-c3nc(-c4cccc(-c5ccccc5)c4)nc(-c4ccc5c(c4)oc4cccc(-c6ccc(-c7ccccc7)cc6)c45)n3)ccc21. The van der Waals surface area contributed by atoms with E-state index in [1.54, 1.807) is 0 Å². The second-order valence-corrected chi connectivity index (χ2v) is 15.6. The molecule has 274 valence electrons. The third kappa shape index (κ3) is 5.64. The zero-order valence-corrected chi connectivity index (χ0v) is 32.1. The van der Waals surface area contributed by atoms with Gasteiger partial charge in [0, 0.05) is 32.9 Å². The third-order valence-corrected chi connectivity index (χ3v) is 11.8. The number of aromatic nitrogens is 3. The van der Waals surface area contributed by atoms with Crippen LogP contribution >= 0.6 is 0 Å². The number of rotatable bonds is 6. The Morgan fingerprint density at radius 1 is 0.345 bits per heavy atom. The van der Waals surface area contributed by atoms with Crippen molar-refractivity contribution in [3.05, 3.63) is 199 Å². The van der Waals surface area contributed by atoms with Crippen LogP contribution in [0.2, 0.25) is 0 Å². The summed E-state index contributed by atoms with van der Waals surface area (Å²) in [7, 11) is 0. The monoisotopic (exact) mass is 743 g/mol. The summed E-state index contributed by atoms with van der Waals surface area (Å²) in [4.78, 5) is 15.5. The standard InChI is InChI=1S/C54H37N3O/c1-54(2)46-21-10-9-19-43(46)45-32-40(28-30-47(45)54)52-55-51(39-18-11-17-38(31-39)35-15-7-4-8-16-35)56-53(57-52)41-27-29-44-49(33-41)58-48-22-12-20-42(50(44)48)37-25-23-36(24-26-37)34-13-5-3-6-14-34/h3-33H,1-2H3. The minimum Gasteiger partial charge on any atom is -0.456 e.